The number of hydrogen-bond acceptors (Lipinski definition) is 5. The first kappa shape index (κ1) is 22.6. The van der Waals surface area contributed by atoms with E-state index in [0.29, 0.717) is 19.0 Å². The van der Waals surface area contributed by atoms with Gasteiger partial charge in [-0.05, 0) is 31.5 Å². The molecule has 0 amide bonds. The Kier molecular flexibility index (Phi) is 9.83. The van der Waals surface area contributed by atoms with Crippen molar-refractivity contribution in [3.05, 3.63) is 29.6 Å². The summed E-state index contributed by atoms with van der Waals surface area (Å²) in [7, 11) is -1.21. The Morgan fingerprint density at radius 2 is 1.92 bits per heavy atom. The van der Waals surface area contributed by atoms with Gasteiger partial charge in [0.2, 0.25) is 0 Å². The largest absolute Gasteiger partial charge is 0.494 e. The summed E-state index contributed by atoms with van der Waals surface area (Å²) in [5.74, 6) is -0.789. The Bertz CT molecular complexity index is 559. The van der Waals surface area contributed by atoms with Crippen molar-refractivity contribution in [1.29, 1.82) is 0 Å². The Hall–Kier alpha value is -1.44. The van der Waals surface area contributed by atoms with Crippen LogP contribution in [0, 0.1) is 5.82 Å². The van der Waals surface area contributed by atoms with Crippen molar-refractivity contribution >= 4 is 14.0 Å². The van der Waals surface area contributed by atoms with Gasteiger partial charge in [-0.1, -0.05) is 26.6 Å². The minimum atomic E-state index is -1.21. The first-order chi connectivity index (χ1) is 12.3. The quantitative estimate of drug-likeness (QED) is 0.228. The molecular weight excluding hydrogens is 355 g/mol. The van der Waals surface area contributed by atoms with Gasteiger partial charge in [0.1, 0.15) is 18.4 Å². The fourth-order valence-electron chi connectivity index (χ4n) is 2.09. The van der Waals surface area contributed by atoms with Gasteiger partial charge in [-0.3, -0.25) is 0 Å². The lowest BCUT2D eigenvalue weighted by molar-refractivity contribution is -0.167. The van der Waals surface area contributed by atoms with Crippen molar-refractivity contribution in [3.63, 3.8) is 0 Å². The highest BCUT2D eigenvalue weighted by molar-refractivity contribution is 6.76. The van der Waals surface area contributed by atoms with Gasteiger partial charge in [0, 0.05) is 26.3 Å². The molecule has 0 heterocycles. The van der Waals surface area contributed by atoms with Crippen molar-refractivity contribution in [1.82, 2.24) is 0 Å². The Morgan fingerprint density at radius 1 is 1.19 bits per heavy atom. The average Bonchev–Trinajstić information content (AvgIpc) is 2.56. The minimum absolute atomic E-state index is 0.0957. The van der Waals surface area contributed by atoms with E-state index >= 15 is 0 Å². The van der Waals surface area contributed by atoms with Crippen molar-refractivity contribution < 1.29 is 28.1 Å². The van der Waals surface area contributed by atoms with E-state index in [2.05, 4.69) is 19.6 Å². The summed E-state index contributed by atoms with van der Waals surface area (Å²) < 4.78 is 35.8. The molecule has 148 valence electrons. The van der Waals surface area contributed by atoms with Crippen molar-refractivity contribution in [2.75, 3.05) is 26.6 Å². The monoisotopic (exact) mass is 386 g/mol. The third-order valence-corrected chi connectivity index (χ3v) is 5.25. The zero-order valence-corrected chi connectivity index (χ0v) is 17.5. The topological polar surface area (TPSA) is 54.0 Å². The van der Waals surface area contributed by atoms with Crippen LogP contribution < -0.4 is 4.74 Å². The van der Waals surface area contributed by atoms with E-state index in [9.17, 15) is 9.18 Å². The van der Waals surface area contributed by atoms with Crippen molar-refractivity contribution in [2.45, 2.75) is 52.1 Å². The number of carbonyl (C=O) groups is 1. The highest BCUT2D eigenvalue weighted by Gasteiger charge is 2.26. The van der Waals surface area contributed by atoms with E-state index in [0.717, 1.165) is 12.5 Å². The van der Waals surface area contributed by atoms with Crippen LogP contribution in [0.3, 0.4) is 0 Å². The molecule has 1 aromatic carbocycles. The summed E-state index contributed by atoms with van der Waals surface area (Å²) in [5.41, 5.74) is 0.112. The molecule has 1 aromatic rings. The summed E-state index contributed by atoms with van der Waals surface area (Å²) in [4.78, 5) is 12.2. The number of benzene rings is 1. The molecule has 0 aliphatic heterocycles. The predicted molar refractivity (Wildman–Crippen MR) is 102 cm³/mol. The molecule has 0 bridgehead atoms. The van der Waals surface area contributed by atoms with Gasteiger partial charge in [-0.25, -0.2) is 9.18 Å². The Morgan fingerprint density at radius 3 is 2.50 bits per heavy atom. The first-order valence-corrected chi connectivity index (χ1v) is 12.8. The maximum atomic E-state index is 14.5. The zero-order chi connectivity index (χ0) is 19.6. The molecule has 0 spiro atoms. The summed E-state index contributed by atoms with van der Waals surface area (Å²) in [6, 6.07) is 5.35. The molecule has 5 nitrogen and oxygen atoms in total. The average molecular weight is 387 g/mol. The molecule has 0 aliphatic carbocycles. The van der Waals surface area contributed by atoms with Gasteiger partial charge >= 0.3 is 5.97 Å². The van der Waals surface area contributed by atoms with Crippen LogP contribution in [-0.4, -0.2) is 40.7 Å². The van der Waals surface area contributed by atoms with Gasteiger partial charge < -0.3 is 18.9 Å². The molecule has 7 heteroatoms. The van der Waals surface area contributed by atoms with Gasteiger partial charge in [0.05, 0.1) is 13.2 Å². The SMILES string of the molecule is CCCOc1ccc(C(OCOCC[Si](C)(C)C)C(=O)OCC)c(F)c1. The minimum Gasteiger partial charge on any atom is -0.494 e. The molecule has 1 unspecified atom stereocenters. The van der Waals surface area contributed by atoms with E-state index in [1.54, 1.807) is 13.0 Å². The van der Waals surface area contributed by atoms with Gasteiger partial charge in [0.15, 0.2) is 6.10 Å². The summed E-state index contributed by atoms with van der Waals surface area (Å²) in [6.07, 6.45) is -0.339. The van der Waals surface area contributed by atoms with Crippen LogP contribution in [-0.2, 0) is 19.0 Å². The number of halogens is 1. The number of rotatable bonds is 12. The molecule has 0 fully saturated rings. The normalized spacial score (nSPS) is 12.7. The van der Waals surface area contributed by atoms with Crippen LogP contribution in [0.25, 0.3) is 0 Å². The van der Waals surface area contributed by atoms with Crippen LogP contribution >= 0.6 is 0 Å². The Balaban J connectivity index is 2.75. The lowest BCUT2D eigenvalue weighted by Crippen LogP contribution is -2.24. The van der Waals surface area contributed by atoms with Crippen LogP contribution in [0.1, 0.15) is 31.9 Å². The van der Waals surface area contributed by atoms with Gasteiger partial charge in [-0.2, -0.15) is 0 Å². The maximum absolute atomic E-state index is 14.5. The fourth-order valence-corrected chi connectivity index (χ4v) is 2.84. The maximum Gasteiger partial charge on any atom is 0.340 e. The number of esters is 1. The molecule has 26 heavy (non-hydrogen) atoms. The second kappa shape index (κ2) is 11.3. The second-order valence-electron chi connectivity index (χ2n) is 7.17. The van der Waals surface area contributed by atoms with Gasteiger partial charge in [0.25, 0.3) is 0 Å². The van der Waals surface area contributed by atoms with Crippen LogP contribution in [0.5, 0.6) is 5.75 Å². The zero-order valence-electron chi connectivity index (χ0n) is 16.5. The molecule has 0 aromatic heterocycles. The standard InChI is InChI=1S/C19H31FO5Si/c1-6-10-24-15-8-9-16(17(20)13-15)18(19(21)23-7-2)25-14-22-11-12-26(3,4)5/h8-9,13,18H,6-7,10-12,14H2,1-5H3. The van der Waals surface area contributed by atoms with Crippen LogP contribution in [0.4, 0.5) is 4.39 Å². The molecule has 0 saturated carbocycles. The molecule has 0 N–H and O–H groups in total. The Labute approximate surface area is 156 Å². The summed E-state index contributed by atoms with van der Waals surface area (Å²) >= 11 is 0. The summed E-state index contributed by atoms with van der Waals surface area (Å²) in [6.45, 7) is 11.5. The van der Waals surface area contributed by atoms with Crippen molar-refractivity contribution in [3.8, 4) is 5.75 Å². The van der Waals surface area contributed by atoms with E-state index in [-0.39, 0.29) is 19.0 Å². The third kappa shape index (κ3) is 8.29. The lowest BCUT2D eigenvalue weighted by Gasteiger charge is -2.19. The van der Waals surface area contributed by atoms with Crippen LogP contribution in [0.15, 0.2) is 18.2 Å². The highest BCUT2D eigenvalue weighted by Crippen LogP contribution is 2.26. The van der Waals surface area contributed by atoms with Crippen LogP contribution in [0.2, 0.25) is 25.7 Å². The predicted octanol–water partition coefficient (Wildman–Crippen LogP) is 4.55. The molecule has 1 rings (SSSR count). The second-order valence-corrected chi connectivity index (χ2v) is 12.8. The van der Waals surface area contributed by atoms with E-state index in [1.807, 2.05) is 6.92 Å². The van der Waals surface area contributed by atoms with E-state index < -0.39 is 26.0 Å². The number of carbonyl (C=O) groups excluding carboxylic acids is 1. The molecule has 0 aliphatic rings. The summed E-state index contributed by atoms with van der Waals surface area (Å²) in [5, 5.41) is 0. The van der Waals surface area contributed by atoms with E-state index in [1.165, 1.54) is 12.1 Å². The number of hydrogen-bond donors (Lipinski definition) is 0. The first-order valence-electron chi connectivity index (χ1n) is 9.06. The fraction of sp³-hybridized carbons (Fsp3) is 0.632. The van der Waals surface area contributed by atoms with E-state index in [4.69, 9.17) is 18.9 Å². The van der Waals surface area contributed by atoms with Gasteiger partial charge in [-0.15, -0.1) is 0 Å². The highest BCUT2D eigenvalue weighted by atomic mass is 28.3. The van der Waals surface area contributed by atoms with Crippen molar-refractivity contribution in [2.24, 2.45) is 0 Å². The third-order valence-electron chi connectivity index (χ3n) is 3.54. The molecule has 0 saturated heterocycles. The smallest absolute Gasteiger partial charge is 0.340 e. The molecule has 0 radical (unpaired) electrons. The number of ether oxygens (including phenoxy) is 4. The molecule has 1 atom stereocenters. The lowest BCUT2D eigenvalue weighted by atomic mass is 10.1. The molecular formula is C19H31FO5Si.